The Morgan fingerprint density at radius 3 is 2.94 bits per heavy atom. The Morgan fingerprint density at radius 2 is 2.38 bits per heavy atom. The molecule has 5 nitrogen and oxygen atoms in total. The van der Waals surface area contributed by atoms with Crippen LogP contribution < -0.4 is 5.32 Å². The van der Waals surface area contributed by atoms with Crippen molar-refractivity contribution in [1.29, 1.82) is 0 Å². The summed E-state index contributed by atoms with van der Waals surface area (Å²) in [7, 11) is 0. The smallest absolute Gasteiger partial charge is 0.358 e. The lowest BCUT2D eigenvalue weighted by molar-refractivity contribution is 0.0685. The number of hydrogen-bond donors (Lipinski definition) is 2. The minimum atomic E-state index is -1.06. The van der Waals surface area contributed by atoms with Gasteiger partial charge in [0, 0.05) is 6.07 Å². The average Bonchev–Trinajstić information content (AvgIpc) is 2.65. The fraction of sp³-hybridized carbons (Fsp3) is 0.636. The average molecular weight is 226 g/mol. The Hall–Kier alpha value is -1.36. The summed E-state index contributed by atoms with van der Waals surface area (Å²) in [6, 6.07) is 1.44. The monoisotopic (exact) mass is 226 g/mol. The van der Waals surface area contributed by atoms with E-state index in [9.17, 15) is 4.79 Å². The molecule has 0 amide bonds. The maximum Gasteiger partial charge on any atom is 0.358 e. The van der Waals surface area contributed by atoms with E-state index in [1.54, 1.807) is 0 Å². The molecule has 0 radical (unpaired) electrons. The molecular formula is C11H18N2O3. The molecule has 5 heteroatoms. The van der Waals surface area contributed by atoms with Gasteiger partial charge in [-0.05, 0) is 25.3 Å². The van der Waals surface area contributed by atoms with Crippen molar-refractivity contribution in [2.75, 3.05) is 6.54 Å². The van der Waals surface area contributed by atoms with Crippen LogP contribution >= 0.6 is 0 Å². The van der Waals surface area contributed by atoms with Gasteiger partial charge in [-0.3, -0.25) is 0 Å². The maximum absolute atomic E-state index is 10.5. The van der Waals surface area contributed by atoms with Crippen molar-refractivity contribution >= 4 is 5.97 Å². The second kappa shape index (κ2) is 6.27. The number of carboxylic acids is 1. The lowest BCUT2D eigenvalue weighted by Gasteiger charge is -2.04. The highest BCUT2D eigenvalue weighted by molar-refractivity contribution is 5.85. The molecule has 0 spiro atoms. The third-order valence-corrected chi connectivity index (χ3v) is 2.21. The minimum Gasteiger partial charge on any atom is -0.476 e. The van der Waals surface area contributed by atoms with Crippen LogP contribution in [0.2, 0.25) is 0 Å². The standard InChI is InChI=1S/C11H18N2O3/c1-8(2)4-3-5-12-7-9-6-10(11(14)15)13-16-9/h6,8,12H,3-5,7H2,1-2H3,(H,14,15). The van der Waals surface area contributed by atoms with E-state index in [1.165, 1.54) is 12.5 Å². The molecule has 0 saturated heterocycles. The first kappa shape index (κ1) is 12.7. The van der Waals surface area contributed by atoms with Crippen LogP contribution in [-0.4, -0.2) is 22.8 Å². The number of hydrogen-bond acceptors (Lipinski definition) is 4. The van der Waals surface area contributed by atoms with Gasteiger partial charge in [0.1, 0.15) is 0 Å². The minimum absolute atomic E-state index is 0.0426. The molecule has 1 rings (SSSR count). The van der Waals surface area contributed by atoms with Crippen molar-refractivity contribution in [2.24, 2.45) is 5.92 Å². The molecular weight excluding hydrogens is 208 g/mol. The predicted molar refractivity (Wildman–Crippen MR) is 59.2 cm³/mol. The topological polar surface area (TPSA) is 75.4 Å². The summed E-state index contributed by atoms with van der Waals surface area (Å²) in [5.74, 6) is 0.211. The maximum atomic E-state index is 10.5. The van der Waals surface area contributed by atoms with Crippen LogP contribution in [-0.2, 0) is 6.54 Å². The zero-order valence-corrected chi connectivity index (χ0v) is 9.69. The van der Waals surface area contributed by atoms with E-state index in [0.29, 0.717) is 18.2 Å². The largest absolute Gasteiger partial charge is 0.476 e. The van der Waals surface area contributed by atoms with Gasteiger partial charge in [-0.1, -0.05) is 19.0 Å². The molecule has 0 bridgehead atoms. The lowest BCUT2D eigenvalue weighted by atomic mass is 10.1. The molecule has 1 aromatic heterocycles. The van der Waals surface area contributed by atoms with E-state index in [-0.39, 0.29) is 5.69 Å². The number of carboxylic acid groups (broad SMARTS) is 1. The molecule has 0 atom stereocenters. The van der Waals surface area contributed by atoms with Gasteiger partial charge < -0.3 is 14.9 Å². The number of aromatic carboxylic acids is 1. The first-order valence-electron chi connectivity index (χ1n) is 5.49. The number of rotatable bonds is 7. The van der Waals surface area contributed by atoms with E-state index in [2.05, 4.69) is 24.3 Å². The third-order valence-electron chi connectivity index (χ3n) is 2.21. The highest BCUT2D eigenvalue weighted by Crippen LogP contribution is 2.04. The van der Waals surface area contributed by atoms with Gasteiger partial charge in [-0.15, -0.1) is 0 Å². The van der Waals surface area contributed by atoms with Gasteiger partial charge in [0.05, 0.1) is 6.54 Å². The van der Waals surface area contributed by atoms with Crippen molar-refractivity contribution in [3.8, 4) is 0 Å². The first-order chi connectivity index (χ1) is 7.59. The Kier molecular flexibility index (Phi) is 4.98. The molecule has 1 aromatic rings. The van der Waals surface area contributed by atoms with Gasteiger partial charge in [-0.2, -0.15) is 0 Å². The van der Waals surface area contributed by atoms with Crippen LogP contribution in [0, 0.1) is 5.92 Å². The van der Waals surface area contributed by atoms with Crippen LogP contribution in [0.3, 0.4) is 0 Å². The number of aromatic nitrogens is 1. The van der Waals surface area contributed by atoms with Gasteiger partial charge in [0.2, 0.25) is 0 Å². The zero-order chi connectivity index (χ0) is 12.0. The summed E-state index contributed by atoms with van der Waals surface area (Å²) in [6.45, 7) is 5.81. The van der Waals surface area contributed by atoms with Crippen molar-refractivity contribution < 1.29 is 14.4 Å². The van der Waals surface area contributed by atoms with E-state index >= 15 is 0 Å². The molecule has 0 aliphatic rings. The molecule has 0 aliphatic heterocycles. The lowest BCUT2D eigenvalue weighted by Crippen LogP contribution is -2.14. The fourth-order valence-corrected chi connectivity index (χ4v) is 1.34. The molecule has 16 heavy (non-hydrogen) atoms. The number of carbonyl (C=O) groups is 1. The Morgan fingerprint density at radius 1 is 1.62 bits per heavy atom. The molecule has 2 N–H and O–H groups in total. The molecule has 0 aliphatic carbocycles. The number of nitrogens with one attached hydrogen (secondary N) is 1. The van der Waals surface area contributed by atoms with E-state index in [4.69, 9.17) is 9.63 Å². The molecule has 1 heterocycles. The SMILES string of the molecule is CC(C)CCCNCc1cc(C(=O)O)no1. The van der Waals surface area contributed by atoms with Crippen molar-refractivity contribution in [3.05, 3.63) is 17.5 Å². The summed E-state index contributed by atoms with van der Waals surface area (Å²) in [5, 5.41) is 15.2. The summed E-state index contributed by atoms with van der Waals surface area (Å²) in [5.41, 5.74) is -0.0426. The second-order valence-electron chi connectivity index (χ2n) is 4.20. The van der Waals surface area contributed by atoms with Gasteiger partial charge >= 0.3 is 5.97 Å². The summed E-state index contributed by atoms with van der Waals surface area (Å²) in [6.07, 6.45) is 2.29. The van der Waals surface area contributed by atoms with Gasteiger partial charge in [0.25, 0.3) is 0 Å². The normalized spacial score (nSPS) is 10.9. The summed E-state index contributed by atoms with van der Waals surface area (Å²) < 4.78 is 4.86. The molecule has 0 aromatic carbocycles. The van der Waals surface area contributed by atoms with E-state index < -0.39 is 5.97 Å². The van der Waals surface area contributed by atoms with Crippen molar-refractivity contribution in [1.82, 2.24) is 10.5 Å². The first-order valence-corrected chi connectivity index (χ1v) is 5.49. The van der Waals surface area contributed by atoms with Crippen LogP contribution in [0.5, 0.6) is 0 Å². The summed E-state index contributed by atoms with van der Waals surface area (Å²) >= 11 is 0. The molecule has 90 valence electrons. The highest BCUT2D eigenvalue weighted by Gasteiger charge is 2.09. The van der Waals surface area contributed by atoms with Crippen molar-refractivity contribution in [3.63, 3.8) is 0 Å². The van der Waals surface area contributed by atoms with Crippen LogP contribution in [0.25, 0.3) is 0 Å². The Labute approximate surface area is 94.8 Å². The van der Waals surface area contributed by atoms with Gasteiger partial charge in [0.15, 0.2) is 11.5 Å². The number of nitrogens with zero attached hydrogens (tertiary/aromatic N) is 1. The highest BCUT2D eigenvalue weighted by atomic mass is 16.5. The Balaban J connectivity index is 2.19. The summed E-state index contributed by atoms with van der Waals surface area (Å²) in [4.78, 5) is 10.5. The zero-order valence-electron chi connectivity index (χ0n) is 9.69. The fourth-order valence-electron chi connectivity index (χ4n) is 1.34. The molecule has 0 fully saturated rings. The van der Waals surface area contributed by atoms with Crippen LogP contribution in [0.15, 0.2) is 10.6 Å². The van der Waals surface area contributed by atoms with E-state index in [1.807, 2.05) is 0 Å². The van der Waals surface area contributed by atoms with E-state index in [0.717, 1.165) is 13.0 Å². The van der Waals surface area contributed by atoms with Crippen molar-refractivity contribution in [2.45, 2.75) is 33.2 Å². The Bertz CT molecular complexity index is 334. The quantitative estimate of drug-likeness (QED) is 0.694. The second-order valence-corrected chi connectivity index (χ2v) is 4.20. The predicted octanol–water partition coefficient (Wildman–Crippen LogP) is 1.90. The van der Waals surface area contributed by atoms with Gasteiger partial charge in [-0.25, -0.2) is 4.79 Å². The van der Waals surface area contributed by atoms with Crippen LogP contribution in [0.4, 0.5) is 0 Å². The third kappa shape index (κ3) is 4.44. The molecule has 0 saturated carbocycles. The van der Waals surface area contributed by atoms with Crippen LogP contribution in [0.1, 0.15) is 42.9 Å². The molecule has 0 unspecified atom stereocenters.